The predicted octanol–water partition coefficient (Wildman–Crippen LogP) is 2.25. The minimum absolute atomic E-state index is 0.964. The Morgan fingerprint density at radius 1 is 1.42 bits per heavy atom. The molecule has 0 saturated carbocycles. The Kier molecular flexibility index (Phi) is 4.54. The van der Waals surface area contributed by atoms with Crippen LogP contribution in [0.25, 0.3) is 0 Å². The molecule has 0 bridgehead atoms. The number of hydrogen-bond acceptors (Lipinski definition) is 2. The van der Waals surface area contributed by atoms with Gasteiger partial charge in [-0.25, -0.2) is 0 Å². The monoisotopic (exact) mass is 312 g/mol. The largest absolute Gasteiger partial charge is 0.468 e. The second-order valence-corrected chi connectivity index (χ2v) is 3.84. The van der Waals surface area contributed by atoms with Gasteiger partial charge in [0.25, 0.3) is 0 Å². The highest BCUT2D eigenvalue weighted by Gasteiger charge is 2.45. The van der Waals surface area contributed by atoms with Gasteiger partial charge in [-0.15, -0.1) is 0 Å². The lowest BCUT2D eigenvalue weighted by Crippen LogP contribution is -2.36. The maximum atomic E-state index is 11.9. The molecule has 0 spiro atoms. The van der Waals surface area contributed by atoms with E-state index in [2.05, 4.69) is 36.6 Å². The molecule has 2 nitrogen and oxygen atoms in total. The van der Waals surface area contributed by atoms with Crippen molar-refractivity contribution in [2.45, 2.75) is 15.8 Å². The van der Waals surface area contributed by atoms with Crippen molar-refractivity contribution in [2.24, 2.45) is 0 Å². The van der Waals surface area contributed by atoms with Gasteiger partial charge in [-0.2, -0.15) is 13.2 Å². The van der Waals surface area contributed by atoms with Gasteiger partial charge in [0, 0.05) is 0 Å². The minimum Gasteiger partial charge on any atom is -0.468 e. The lowest BCUT2D eigenvalue weighted by molar-refractivity contribution is -0.150. The zero-order valence-corrected chi connectivity index (χ0v) is 9.03. The fourth-order valence-corrected chi connectivity index (χ4v) is 1.10. The van der Waals surface area contributed by atoms with Gasteiger partial charge < -0.3 is 4.74 Å². The number of hydrogen-bond donors (Lipinski definition) is 0. The Morgan fingerprint density at radius 2 is 1.83 bits per heavy atom. The van der Waals surface area contributed by atoms with Gasteiger partial charge in [-0.05, 0) is 0 Å². The summed E-state index contributed by atoms with van der Waals surface area (Å²) < 4.78 is 39.8. The molecule has 0 aromatic carbocycles. The zero-order chi connectivity index (χ0) is 9.94. The van der Waals surface area contributed by atoms with Gasteiger partial charge in [-0.3, -0.25) is 4.79 Å². The van der Waals surface area contributed by atoms with Crippen LogP contribution in [0.5, 0.6) is 0 Å². The van der Waals surface area contributed by atoms with Crippen LogP contribution in [0, 0.1) is 0 Å². The fourth-order valence-electron chi connectivity index (χ4n) is 0.398. The summed E-state index contributed by atoms with van der Waals surface area (Å²) in [6.07, 6.45) is -4.47. The van der Waals surface area contributed by atoms with Crippen molar-refractivity contribution in [1.82, 2.24) is 0 Å². The predicted molar refractivity (Wildman–Crippen MR) is 43.5 cm³/mol. The van der Waals surface area contributed by atoms with Gasteiger partial charge in [0.15, 0.2) is 0 Å². The number of carbonyl (C=O) groups is 1. The first-order valence-corrected chi connectivity index (χ1v) is 4.56. The number of alkyl halides is 5. The van der Waals surface area contributed by atoms with Gasteiger partial charge in [0.1, 0.15) is 9.65 Å². The van der Waals surface area contributed by atoms with E-state index < -0.39 is 21.8 Å². The summed E-state index contributed by atoms with van der Waals surface area (Å²) in [5.74, 6) is -0.964. The minimum atomic E-state index is -4.47. The number of carbonyl (C=O) groups excluding carboxylic acids is 1. The van der Waals surface area contributed by atoms with E-state index >= 15 is 0 Å². The normalized spacial score (nSPS) is 16.8. The molecule has 0 aliphatic carbocycles. The van der Waals surface area contributed by atoms with E-state index in [0.717, 1.165) is 7.11 Å². The van der Waals surface area contributed by atoms with Crippen LogP contribution in [0.15, 0.2) is 0 Å². The number of esters is 1. The molecule has 12 heavy (non-hydrogen) atoms. The Balaban J connectivity index is 4.29. The number of ether oxygens (including phenoxy) is 1. The third-order valence-electron chi connectivity index (χ3n) is 0.996. The van der Waals surface area contributed by atoms with E-state index in [-0.39, 0.29) is 0 Å². The lowest BCUT2D eigenvalue weighted by Gasteiger charge is -2.17. The molecule has 0 radical (unpaired) electrons. The number of halogens is 5. The van der Waals surface area contributed by atoms with Crippen molar-refractivity contribution in [3.63, 3.8) is 0 Å². The van der Waals surface area contributed by atoms with Gasteiger partial charge >= 0.3 is 12.1 Å². The molecule has 0 fully saturated rings. The quantitative estimate of drug-likeness (QED) is 0.577. The average molecular weight is 314 g/mol. The number of methoxy groups -OCH3 is 1. The standard InChI is InChI=1S/C5H5Br2F3O2/c1-12-4(11)2(6)3(7)5(8,9)10/h2-3H,1H3. The summed E-state index contributed by atoms with van der Waals surface area (Å²) in [4.78, 5) is 7.25. The van der Waals surface area contributed by atoms with Crippen LogP contribution in [0.4, 0.5) is 13.2 Å². The average Bonchev–Trinajstić information content (AvgIpc) is 1.98. The maximum Gasteiger partial charge on any atom is 0.402 e. The lowest BCUT2D eigenvalue weighted by atomic mass is 10.3. The molecule has 0 amide bonds. The first-order chi connectivity index (χ1) is 5.30. The first-order valence-electron chi connectivity index (χ1n) is 2.73. The molecule has 0 aromatic heterocycles. The third kappa shape index (κ3) is 3.30. The van der Waals surface area contributed by atoms with E-state index in [9.17, 15) is 18.0 Å². The molecule has 0 aliphatic heterocycles. The summed E-state index contributed by atoms with van der Waals surface area (Å²) >= 11 is 4.90. The highest BCUT2D eigenvalue weighted by atomic mass is 79.9. The van der Waals surface area contributed by atoms with Crippen LogP contribution in [0.2, 0.25) is 0 Å². The molecule has 0 heterocycles. The van der Waals surface area contributed by atoms with E-state index in [1.165, 1.54) is 0 Å². The van der Waals surface area contributed by atoms with Crippen LogP contribution in [-0.4, -0.2) is 28.9 Å². The molecule has 0 aliphatic rings. The third-order valence-corrected chi connectivity index (χ3v) is 3.66. The van der Waals surface area contributed by atoms with Crippen molar-refractivity contribution in [3.8, 4) is 0 Å². The summed E-state index contributed by atoms with van der Waals surface area (Å²) in [5, 5.41) is 0. The van der Waals surface area contributed by atoms with Crippen molar-refractivity contribution in [2.75, 3.05) is 7.11 Å². The molecule has 0 saturated heterocycles. The van der Waals surface area contributed by atoms with Gasteiger partial charge in [-0.1, -0.05) is 31.9 Å². The Labute approximate surface area is 83.7 Å². The fraction of sp³-hybridized carbons (Fsp3) is 0.800. The maximum absolute atomic E-state index is 11.9. The Morgan fingerprint density at radius 3 is 2.08 bits per heavy atom. The van der Waals surface area contributed by atoms with Crippen molar-refractivity contribution in [1.29, 1.82) is 0 Å². The van der Waals surface area contributed by atoms with Gasteiger partial charge in [0.05, 0.1) is 7.11 Å². The van der Waals surface area contributed by atoms with Crippen LogP contribution < -0.4 is 0 Å². The molecule has 0 rings (SSSR count). The number of rotatable bonds is 2. The second-order valence-electron chi connectivity index (χ2n) is 1.87. The van der Waals surface area contributed by atoms with Crippen LogP contribution >= 0.6 is 31.9 Å². The molecule has 0 aromatic rings. The Hall–Kier alpha value is 0.220. The zero-order valence-electron chi connectivity index (χ0n) is 5.86. The Bertz CT molecular complexity index is 171. The van der Waals surface area contributed by atoms with Gasteiger partial charge in [0.2, 0.25) is 0 Å². The van der Waals surface area contributed by atoms with E-state index in [4.69, 9.17) is 0 Å². The van der Waals surface area contributed by atoms with Crippen molar-refractivity contribution in [3.05, 3.63) is 0 Å². The van der Waals surface area contributed by atoms with Crippen LogP contribution in [-0.2, 0) is 9.53 Å². The molecule has 2 atom stereocenters. The summed E-state index contributed by atoms with van der Waals surface area (Å²) in [7, 11) is 1.02. The molecular formula is C5H5Br2F3O2. The summed E-state index contributed by atoms with van der Waals surface area (Å²) in [6.45, 7) is 0. The highest BCUT2D eigenvalue weighted by Crippen LogP contribution is 2.32. The molecular weight excluding hydrogens is 309 g/mol. The van der Waals surface area contributed by atoms with E-state index in [1.807, 2.05) is 0 Å². The van der Waals surface area contributed by atoms with Crippen LogP contribution in [0.3, 0.4) is 0 Å². The molecule has 72 valence electrons. The topological polar surface area (TPSA) is 26.3 Å². The van der Waals surface area contributed by atoms with Crippen molar-refractivity contribution >= 4 is 37.8 Å². The van der Waals surface area contributed by atoms with E-state index in [1.54, 1.807) is 0 Å². The summed E-state index contributed by atoms with van der Waals surface area (Å²) in [6, 6.07) is 0. The van der Waals surface area contributed by atoms with Crippen LogP contribution in [0.1, 0.15) is 0 Å². The first kappa shape index (κ1) is 12.2. The van der Waals surface area contributed by atoms with E-state index in [0.29, 0.717) is 0 Å². The van der Waals surface area contributed by atoms with Crippen molar-refractivity contribution < 1.29 is 22.7 Å². The molecule has 2 unspecified atom stereocenters. The molecule has 0 N–H and O–H groups in total. The second kappa shape index (κ2) is 4.45. The SMILES string of the molecule is COC(=O)C(Br)C(Br)C(F)(F)F. The highest BCUT2D eigenvalue weighted by molar-refractivity contribution is 9.12. The summed E-state index contributed by atoms with van der Waals surface area (Å²) in [5.41, 5.74) is 0. The smallest absolute Gasteiger partial charge is 0.402 e. The molecule has 7 heteroatoms.